The Balaban J connectivity index is 2.06. The molecular weight excluding hydrogens is 246 g/mol. The van der Waals surface area contributed by atoms with Crippen molar-refractivity contribution in [1.82, 2.24) is 9.97 Å². The van der Waals surface area contributed by atoms with Crippen molar-refractivity contribution in [3.63, 3.8) is 0 Å². The zero-order valence-electron chi connectivity index (χ0n) is 10.8. The molecule has 0 bridgehead atoms. The van der Waals surface area contributed by atoms with Gasteiger partial charge in [0.2, 0.25) is 0 Å². The average molecular weight is 263 g/mol. The van der Waals surface area contributed by atoms with Gasteiger partial charge in [-0.05, 0) is 25.5 Å². The molecule has 0 aliphatic heterocycles. The minimum atomic E-state index is -0.474. The molecule has 0 radical (unpaired) electrons. The average Bonchev–Trinajstić information content (AvgIpc) is 2.75. The van der Waals surface area contributed by atoms with E-state index in [9.17, 15) is 5.11 Å². The quantitative estimate of drug-likeness (QED) is 0.921. The Labute approximate surface area is 111 Å². The second kappa shape index (κ2) is 5.46. The van der Waals surface area contributed by atoms with Crippen molar-refractivity contribution in [1.29, 1.82) is 0 Å². The number of aryl methyl sites for hydroxylation is 1. The lowest BCUT2D eigenvalue weighted by Gasteiger charge is -2.17. The Hall–Kier alpha value is -1.46. The normalized spacial score (nSPS) is 12.4. The molecule has 1 N–H and O–H groups in total. The minimum Gasteiger partial charge on any atom is -0.389 e. The zero-order chi connectivity index (χ0) is 13.1. The largest absolute Gasteiger partial charge is 0.389 e. The molecule has 0 unspecified atom stereocenters. The molecule has 0 saturated heterocycles. The first-order chi connectivity index (χ1) is 8.56. The van der Waals surface area contributed by atoms with E-state index in [0.29, 0.717) is 0 Å². The Kier molecular flexibility index (Phi) is 3.93. The van der Waals surface area contributed by atoms with Gasteiger partial charge in [0, 0.05) is 18.6 Å². The highest BCUT2D eigenvalue weighted by Crippen LogP contribution is 2.17. The van der Waals surface area contributed by atoms with Crippen LogP contribution in [0.2, 0.25) is 0 Å². The van der Waals surface area contributed by atoms with Crippen LogP contribution < -0.4 is 4.90 Å². The second-order valence-electron chi connectivity index (χ2n) is 4.34. The van der Waals surface area contributed by atoms with E-state index in [1.807, 2.05) is 31.0 Å². The summed E-state index contributed by atoms with van der Waals surface area (Å²) >= 11 is 1.66. The molecule has 0 aliphatic carbocycles. The number of nitrogens with zero attached hydrogens (tertiary/aromatic N) is 3. The molecule has 2 rings (SSSR count). The third kappa shape index (κ3) is 3.05. The Bertz CT molecular complexity index is 507. The number of pyridine rings is 1. The van der Waals surface area contributed by atoms with Gasteiger partial charge >= 0.3 is 0 Å². The lowest BCUT2D eigenvalue weighted by molar-refractivity contribution is 0.199. The van der Waals surface area contributed by atoms with Crippen molar-refractivity contribution in [2.45, 2.75) is 26.5 Å². The molecule has 2 aromatic rings. The molecule has 0 amide bonds. The van der Waals surface area contributed by atoms with Crippen molar-refractivity contribution in [2.24, 2.45) is 0 Å². The topological polar surface area (TPSA) is 49.2 Å². The minimum absolute atomic E-state index is 0.474. The fourth-order valence-corrected chi connectivity index (χ4v) is 2.28. The van der Waals surface area contributed by atoms with Crippen LogP contribution in [0.25, 0.3) is 0 Å². The predicted molar refractivity (Wildman–Crippen MR) is 73.8 cm³/mol. The van der Waals surface area contributed by atoms with Gasteiger partial charge in [0.25, 0.3) is 0 Å². The number of hydrogen-bond acceptors (Lipinski definition) is 5. The number of rotatable bonds is 4. The first kappa shape index (κ1) is 13.0. The monoisotopic (exact) mass is 263 g/mol. The molecule has 4 nitrogen and oxygen atoms in total. The van der Waals surface area contributed by atoms with Crippen molar-refractivity contribution in [3.05, 3.63) is 40.0 Å². The molecule has 0 aliphatic rings. The Morgan fingerprint density at radius 3 is 2.72 bits per heavy atom. The smallest absolute Gasteiger partial charge is 0.128 e. The van der Waals surface area contributed by atoms with Crippen LogP contribution in [0.3, 0.4) is 0 Å². The van der Waals surface area contributed by atoms with Gasteiger partial charge in [0.1, 0.15) is 5.82 Å². The van der Waals surface area contributed by atoms with Gasteiger partial charge in [0.15, 0.2) is 0 Å². The number of thiazole rings is 1. The number of aliphatic hydroxyl groups excluding tert-OH is 1. The van der Waals surface area contributed by atoms with Crippen molar-refractivity contribution < 1.29 is 5.11 Å². The first-order valence-electron chi connectivity index (χ1n) is 5.82. The zero-order valence-corrected chi connectivity index (χ0v) is 11.6. The Morgan fingerprint density at radius 1 is 1.44 bits per heavy atom. The van der Waals surface area contributed by atoms with Gasteiger partial charge < -0.3 is 10.0 Å². The van der Waals surface area contributed by atoms with Crippen LogP contribution in [0.1, 0.15) is 29.3 Å². The van der Waals surface area contributed by atoms with Crippen molar-refractivity contribution in [3.8, 4) is 0 Å². The van der Waals surface area contributed by atoms with E-state index < -0.39 is 6.10 Å². The molecule has 0 aromatic carbocycles. The predicted octanol–water partition coefficient (Wildman–Crippen LogP) is 2.54. The van der Waals surface area contributed by atoms with Gasteiger partial charge in [0.05, 0.1) is 23.4 Å². The van der Waals surface area contributed by atoms with Gasteiger partial charge in [-0.25, -0.2) is 9.97 Å². The van der Waals surface area contributed by atoms with Crippen molar-refractivity contribution >= 4 is 17.2 Å². The summed E-state index contributed by atoms with van der Waals surface area (Å²) in [4.78, 5) is 10.8. The highest BCUT2D eigenvalue weighted by atomic mass is 32.1. The Morgan fingerprint density at radius 2 is 2.22 bits per heavy atom. The van der Waals surface area contributed by atoms with Crippen LogP contribution >= 0.6 is 11.3 Å². The molecule has 5 heteroatoms. The fraction of sp³-hybridized carbons (Fsp3) is 0.385. The number of hydrogen-bond donors (Lipinski definition) is 1. The number of aliphatic hydroxyl groups is 1. The molecule has 0 fully saturated rings. The molecule has 0 spiro atoms. The van der Waals surface area contributed by atoms with Crippen LogP contribution in [-0.2, 0) is 6.54 Å². The molecule has 2 heterocycles. The summed E-state index contributed by atoms with van der Waals surface area (Å²) in [5.41, 5.74) is 1.89. The van der Waals surface area contributed by atoms with E-state index in [0.717, 1.165) is 28.6 Å². The summed E-state index contributed by atoms with van der Waals surface area (Å²) < 4.78 is 0. The lowest BCUT2D eigenvalue weighted by Crippen LogP contribution is -2.17. The summed E-state index contributed by atoms with van der Waals surface area (Å²) in [7, 11) is 1.99. The summed E-state index contributed by atoms with van der Waals surface area (Å²) in [6.07, 6.45) is 1.24. The summed E-state index contributed by atoms with van der Waals surface area (Å²) in [6.45, 7) is 4.48. The number of aromatic nitrogens is 2. The maximum absolute atomic E-state index is 9.43. The lowest BCUT2D eigenvalue weighted by atomic mass is 10.2. The van der Waals surface area contributed by atoms with Crippen LogP contribution in [0, 0.1) is 6.92 Å². The van der Waals surface area contributed by atoms with Crippen LogP contribution in [0.4, 0.5) is 5.82 Å². The highest BCUT2D eigenvalue weighted by Gasteiger charge is 2.07. The van der Waals surface area contributed by atoms with Crippen LogP contribution in [-0.4, -0.2) is 22.1 Å². The molecule has 96 valence electrons. The molecule has 0 saturated carbocycles. The van der Waals surface area contributed by atoms with Crippen LogP contribution in [0.15, 0.2) is 23.7 Å². The van der Waals surface area contributed by atoms with E-state index in [1.165, 1.54) is 0 Å². The summed E-state index contributed by atoms with van der Waals surface area (Å²) in [5.74, 6) is 0.880. The maximum atomic E-state index is 9.43. The molecule has 1 atom stereocenters. The van der Waals surface area contributed by atoms with Gasteiger partial charge in [-0.1, -0.05) is 6.07 Å². The summed E-state index contributed by atoms with van der Waals surface area (Å²) in [5, 5.41) is 12.6. The van der Waals surface area contributed by atoms with Crippen LogP contribution in [0.5, 0.6) is 0 Å². The van der Waals surface area contributed by atoms with Gasteiger partial charge in [-0.15, -0.1) is 11.3 Å². The van der Waals surface area contributed by atoms with E-state index in [-0.39, 0.29) is 0 Å². The van der Waals surface area contributed by atoms with Gasteiger partial charge in [-0.2, -0.15) is 0 Å². The third-order valence-corrected chi connectivity index (χ3v) is 3.53. The SMILES string of the molecule is Cc1nc(CN(C)c2ccc([C@@H](C)O)cn2)cs1. The second-order valence-corrected chi connectivity index (χ2v) is 5.40. The van der Waals surface area contributed by atoms with E-state index in [2.05, 4.69) is 15.3 Å². The standard InChI is InChI=1S/C13H17N3OS/c1-9(17)11-4-5-13(14-6-11)16(3)7-12-8-18-10(2)15-12/h4-6,8-9,17H,7H2,1-3H3/t9-/m1/s1. The highest BCUT2D eigenvalue weighted by molar-refractivity contribution is 7.09. The number of anilines is 1. The first-order valence-corrected chi connectivity index (χ1v) is 6.70. The third-order valence-electron chi connectivity index (χ3n) is 2.71. The van der Waals surface area contributed by atoms with E-state index in [4.69, 9.17) is 0 Å². The summed E-state index contributed by atoms with van der Waals surface area (Å²) in [6, 6.07) is 3.82. The van der Waals surface area contributed by atoms with E-state index >= 15 is 0 Å². The van der Waals surface area contributed by atoms with Gasteiger partial charge in [-0.3, -0.25) is 0 Å². The molecule has 18 heavy (non-hydrogen) atoms. The molecule has 2 aromatic heterocycles. The fourth-order valence-electron chi connectivity index (χ4n) is 1.68. The van der Waals surface area contributed by atoms with E-state index in [1.54, 1.807) is 24.5 Å². The maximum Gasteiger partial charge on any atom is 0.128 e. The van der Waals surface area contributed by atoms with Crippen molar-refractivity contribution in [2.75, 3.05) is 11.9 Å². The molecular formula is C13H17N3OS.